The number of benzene rings is 2. The summed E-state index contributed by atoms with van der Waals surface area (Å²) in [6.07, 6.45) is 3.94. The minimum Gasteiger partial charge on any atom is -0.497 e. The average molecular weight is 503 g/mol. The summed E-state index contributed by atoms with van der Waals surface area (Å²) in [7, 11) is 1.53. The maximum absolute atomic E-state index is 14.1. The lowest BCUT2D eigenvalue weighted by Gasteiger charge is -2.31. The van der Waals surface area contributed by atoms with Gasteiger partial charge in [0.25, 0.3) is 5.91 Å². The summed E-state index contributed by atoms with van der Waals surface area (Å²) in [6.45, 7) is 0. The highest BCUT2D eigenvalue weighted by molar-refractivity contribution is 7.10. The van der Waals surface area contributed by atoms with Gasteiger partial charge in [0.2, 0.25) is 5.91 Å². The zero-order valence-electron chi connectivity index (χ0n) is 19.8. The van der Waals surface area contributed by atoms with Gasteiger partial charge in [0.05, 0.1) is 7.11 Å². The van der Waals surface area contributed by atoms with Crippen LogP contribution < -0.4 is 20.6 Å². The molecule has 1 aliphatic rings. The predicted molar refractivity (Wildman–Crippen MR) is 140 cm³/mol. The summed E-state index contributed by atoms with van der Waals surface area (Å²) < 4.78 is 10.9. The Hall–Kier alpha value is -3.91. The van der Waals surface area contributed by atoms with E-state index in [-0.39, 0.29) is 17.5 Å². The van der Waals surface area contributed by atoms with E-state index in [1.807, 2.05) is 17.5 Å². The molecule has 7 nitrogen and oxygen atoms in total. The van der Waals surface area contributed by atoms with Crippen LogP contribution in [0.1, 0.15) is 47.0 Å². The minimum atomic E-state index is -0.976. The number of anilines is 1. The Labute approximate surface area is 212 Å². The molecular weight excluding hydrogens is 476 g/mol. The van der Waals surface area contributed by atoms with Crippen molar-refractivity contribution in [2.45, 2.75) is 37.8 Å². The van der Waals surface area contributed by atoms with Crippen LogP contribution in [0.25, 0.3) is 11.0 Å². The van der Waals surface area contributed by atoms with E-state index >= 15 is 0 Å². The standard InChI is InChI=1S/C28H26N2O5S/c1-34-21-12-6-11-20(17-21)30(27(32)22-16-18-8-2-5-13-23(18)35-28(22)33)25(24-14-7-15-36-24)26(31)29-19-9-3-4-10-19/h2,5-8,11-17,19,25H,3-4,9-10H2,1H3,(H,29,31)/t25-/m1/s1. The maximum Gasteiger partial charge on any atom is 0.349 e. The first-order valence-electron chi connectivity index (χ1n) is 11.9. The zero-order valence-corrected chi connectivity index (χ0v) is 20.6. The summed E-state index contributed by atoms with van der Waals surface area (Å²) >= 11 is 1.38. The number of ether oxygens (including phenoxy) is 1. The van der Waals surface area contributed by atoms with Crippen molar-refractivity contribution < 1.29 is 18.7 Å². The third kappa shape index (κ3) is 4.77. The molecule has 0 bridgehead atoms. The molecule has 0 spiro atoms. The minimum absolute atomic E-state index is 0.0629. The van der Waals surface area contributed by atoms with Crippen molar-refractivity contribution in [3.05, 3.63) is 93.0 Å². The van der Waals surface area contributed by atoms with Crippen molar-refractivity contribution in [3.63, 3.8) is 0 Å². The first-order chi connectivity index (χ1) is 17.5. The van der Waals surface area contributed by atoms with Crippen LogP contribution in [0.2, 0.25) is 0 Å². The molecule has 1 atom stereocenters. The van der Waals surface area contributed by atoms with Crippen molar-refractivity contribution in [1.29, 1.82) is 0 Å². The zero-order chi connectivity index (χ0) is 25.1. The largest absolute Gasteiger partial charge is 0.497 e. The smallest absolute Gasteiger partial charge is 0.349 e. The highest BCUT2D eigenvalue weighted by Crippen LogP contribution is 2.34. The molecule has 0 unspecified atom stereocenters. The molecule has 0 aliphatic heterocycles. The average Bonchev–Trinajstić information content (AvgIpc) is 3.61. The molecule has 4 aromatic rings. The molecule has 184 valence electrons. The van der Waals surface area contributed by atoms with Crippen LogP contribution in [-0.4, -0.2) is 25.0 Å². The second-order valence-corrected chi connectivity index (χ2v) is 9.75. The molecule has 5 rings (SSSR count). The number of hydrogen-bond acceptors (Lipinski definition) is 6. The van der Waals surface area contributed by atoms with Crippen LogP contribution in [0.4, 0.5) is 5.69 Å². The fourth-order valence-corrected chi connectivity index (χ4v) is 5.47. The SMILES string of the molecule is COc1cccc(N(C(=O)c2cc3ccccc3oc2=O)[C@@H](C(=O)NC2CCCC2)c2cccs2)c1. The van der Waals surface area contributed by atoms with Gasteiger partial charge in [0.15, 0.2) is 6.04 Å². The van der Waals surface area contributed by atoms with Crippen LogP contribution in [0.15, 0.2) is 81.3 Å². The molecule has 1 fully saturated rings. The predicted octanol–water partition coefficient (Wildman–Crippen LogP) is 5.31. The van der Waals surface area contributed by atoms with Gasteiger partial charge in [-0.2, -0.15) is 0 Å². The van der Waals surface area contributed by atoms with Crippen molar-refractivity contribution in [1.82, 2.24) is 5.32 Å². The number of nitrogens with one attached hydrogen (secondary N) is 1. The maximum atomic E-state index is 14.1. The Kier molecular flexibility index (Phi) is 6.86. The monoisotopic (exact) mass is 502 g/mol. The van der Waals surface area contributed by atoms with Crippen molar-refractivity contribution in [3.8, 4) is 5.75 Å². The lowest BCUT2D eigenvalue weighted by molar-refractivity contribution is -0.123. The van der Waals surface area contributed by atoms with Gasteiger partial charge >= 0.3 is 5.63 Å². The molecule has 2 amide bonds. The molecule has 2 aromatic carbocycles. The topological polar surface area (TPSA) is 88.8 Å². The number of amides is 2. The molecule has 1 aliphatic carbocycles. The summed E-state index contributed by atoms with van der Waals surface area (Å²) in [5.41, 5.74) is -0.0767. The third-order valence-electron chi connectivity index (χ3n) is 6.44. The van der Waals surface area contributed by atoms with Crippen molar-refractivity contribution in [2.24, 2.45) is 0 Å². The Balaban J connectivity index is 1.65. The van der Waals surface area contributed by atoms with E-state index in [0.717, 1.165) is 25.7 Å². The van der Waals surface area contributed by atoms with Crippen LogP contribution in [0.3, 0.4) is 0 Å². The summed E-state index contributed by atoms with van der Waals surface area (Å²) in [5.74, 6) is -0.384. The lowest BCUT2D eigenvalue weighted by atomic mass is 10.1. The van der Waals surface area contributed by atoms with E-state index in [9.17, 15) is 14.4 Å². The van der Waals surface area contributed by atoms with E-state index in [4.69, 9.17) is 9.15 Å². The number of fused-ring (bicyclic) bond motifs is 1. The van der Waals surface area contributed by atoms with E-state index in [1.54, 1.807) is 48.5 Å². The third-order valence-corrected chi connectivity index (χ3v) is 7.37. The fraction of sp³-hybridized carbons (Fsp3) is 0.250. The van der Waals surface area contributed by atoms with E-state index < -0.39 is 17.6 Å². The normalized spacial score (nSPS) is 14.5. The first kappa shape index (κ1) is 23.8. The Morgan fingerprint density at radius 3 is 2.61 bits per heavy atom. The Morgan fingerprint density at radius 2 is 1.86 bits per heavy atom. The number of thiophene rings is 1. The molecule has 8 heteroatoms. The fourth-order valence-electron chi connectivity index (χ4n) is 4.66. The number of para-hydroxylation sites is 1. The van der Waals surface area contributed by atoms with Crippen molar-refractivity contribution in [2.75, 3.05) is 12.0 Å². The number of methoxy groups -OCH3 is 1. The summed E-state index contributed by atoms with van der Waals surface area (Å²) in [5, 5.41) is 5.62. The van der Waals surface area contributed by atoms with Gasteiger partial charge in [-0.05, 0) is 48.6 Å². The summed E-state index contributed by atoms with van der Waals surface area (Å²) in [4.78, 5) is 42.9. The van der Waals surface area contributed by atoms with Gasteiger partial charge in [-0.3, -0.25) is 14.5 Å². The van der Waals surface area contributed by atoms with Gasteiger partial charge in [-0.15, -0.1) is 11.3 Å². The van der Waals surface area contributed by atoms with E-state index in [2.05, 4.69) is 5.32 Å². The number of rotatable bonds is 7. The molecular formula is C28H26N2O5S. The van der Waals surface area contributed by atoms with Crippen LogP contribution in [0.5, 0.6) is 5.75 Å². The van der Waals surface area contributed by atoms with Gasteiger partial charge in [0.1, 0.15) is 16.9 Å². The van der Waals surface area contributed by atoms with Gasteiger partial charge < -0.3 is 14.5 Å². The molecule has 2 aromatic heterocycles. The second-order valence-electron chi connectivity index (χ2n) is 8.77. The van der Waals surface area contributed by atoms with Gasteiger partial charge in [-0.25, -0.2) is 4.79 Å². The van der Waals surface area contributed by atoms with Crippen LogP contribution in [0, 0.1) is 0 Å². The van der Waals surface area contributed by atoms with Gasteiger partial charge in [-0.1, -0.05) is 43.2 Å². The van der Waals surface area contributed by atoms with E-state index in [1.165, 1.54) is 29.4 Å². The van der Waals surface area contributed by atoms with Crippen LogP contribution >= 0.6 is 11.3 Å². The van der Waals surface area contributed by atoms with Crippen molar-refractivity contribution >= 4 is 39.8 Å². The molecule has 0 radical (unpaired) electrons. The highest BCUT2D eigenvalue weighted by Gasteiger charge is 2.36. The molecule has 1 saturated carbocycles. The van der Waals surface area contributed by atoms with Crippen LogP contribution in [-0.2, 0) is 4.79 Å². The lowest BCUT2D eigenvalue weighted by Crippen LogP contribution is -2.47. The van der Waals surface area contributed by atoms with E-state index in [0.29, 0.717) is 27.3 Å². The molecule has 1 N–H and O–H groups in total. The quantitative estimate of drug-likeness (QED) is 0.346. The highest BCUT2D eigenvalue weighted by atomic mass is 32.1. The number of carbonyl (C=O) groups is 2. The Morgan fingerprint density at radius 1 is 1.06 bits per heavy atom. The molecule has 0 saturated heterocycles. The number of nitrogens with zero attached hydrogens (tertiary/aromatic N) is 1. The number of carbonyl (C=O) groups excluding carboxylic acids is 2. The second kappa shape index (κ2) is 10.4. The molecule has 2 heterocycles. The number of hydrogen-bond donors (Lipinski definition) is 1. The van der Waals surface area contributed by atoms with Gasteiger partial charge in [0, 0.05) is 28.1 Å². The molecule has 36 heavy (non-hydrogen) atoms. The Bertz CT molecular complexity index is 1440. The first-order valence-corrected chi connectivity index (χ1v) is 12.8. The summed E-state index contributed by atoms with van der Waals surface area (Å²) in [6, 6.07) is 18.2.